The minimum Gasteiger partial charge on any atom is -0.497 e. The molecule has 0 unspecified atom stereocenters. The van der Waals surface area contributed by atoms with E-state index < -0.39 is 11.8 Å². The third-order valence-corrected chi connectivity index (χ3v) is 5.06. The summed E-state index contributed by atoms with van der Waals surface area (Å²) in [5.74, 6) is -0.160. The van der Waals surface area contributed by atoms with Crippen molar-refractivity contribution in [3.8, 4) is 23.0 Å². The van der Waals surface area contributed by atoms with Crippen molar-refractivity contribution < 1.29 is 32.9 Å². The van der Waals surface area contributed by atoms with Crippen LogP contribution in [0.2, 0.25) is 0 Å². The Labute approximate surface area is 183 Å². The Hall–Kier alpha value is -4.13. The molecule has 0 bridgehead atoms. The molecule has 0 saturated heterocycles. The lowest BCUT2D eigenvalue weighted by Gasteiger charge is -2.10. The molecule has 1 aliphatic heterocycles. The van der Waals surface area contributed by atoms with Gasteiger partial charge in [-0.05, 0) is 55.5 Å². The molecular weight excluding hydrogens is 415 g/mol. The van der Waals surface area contributed by atoms with E-state index in [0.29, 0.717) is 28.2 Å². The maximum Gasteiger partial charge on any atom is 0.346 e. The zero-order chi connectivity index (χ0) is 22.8. The highest BCUT2D eigenvalue weighted by molar-refractivity contribution is 6.15. The van der Waals surface area contributed by atoms with Crippen LogP contribution in [0.1, 0.15) is 31.8 Å². The smallest absolute Gasteiger partial charge is 0.346 e. The van der Waals surface area contributed by atoms with E-state index in [4.69, 9.17) is 18.9 Å². The fraction of sp³-hybridized carbons (Fsp3) is 0.120. The number of halogens is 1. The van der Waals surface area contributed by atoms with Gasteiger partial charge in [-0.1, -0.05) is 12.1 Å². The number of esters is 1. The van der Waals surface area contributed by atoms with E-state index in [-0.39, 0.29) is 28.6 Å². The first-order valence-electron chi connectivity index (χ1n) is 9.69. The Bertz CT molecular complexity index is 1260. The molecule has 0 fully saturated rings. The molecule has 0 atom stereocenters. The molecule has 162 valence electrons. The Morgan fingerprint density at radius 3 is 2.47 bits per heavy atom. The first-order chi connectivity index (χ1) is 15.4. The van der Waals surface area contributed by atoms with Gasteiger partial charge in [0.2, 0.25) is 5.78 Å². The average Bonchev–Trinajstić information content (AvgIpc) is 3.11. The normalized spacial score (nSPS) is 13.5. The van der Waals surface area contributed by atoms with E-state index in [9.17, 15) is 14.0 Å². The SMILES string of the molecule is COc1ccc(OC)c(/C=C2\Oc3c(ccc(OC(=O)c4ccccc4F)c3C)C2=O)c1. The molecule has 0 aromatic heterocycles. The van der Waals surface area contributed by atoms with Gasteiger partial charge in [-0.25, -0.2) is 9.18 Å². The summed E-state index contributed by atoms with van der Waals surface area (Å²) in [4.78, 5) is 25.3. The van der Waals surface area contributed by atoms with Crippen LogP contribution in [0.25, 0.3) is 6.08 Å². The molecule has 1 aliphatic rings. The average molecular weight is 434 g/mol. The Balaban J connectivity index is 1.65. The second-order valence-electron chi connectivity index (χ2n) is 6.98. The second kappa shape index (κ2) is 8.55. The lowest BCUT2D eigenvalue weighted by Crippen LogP contribution is -2.11. The van der Waals surface area contributed by atoms with Gasteiger partial charge in [0.25, 0.3) is 0 Å². The number of carbonyl (C=O) groups excluding carboxylic acids is 2. The summed E-state index contributed by atoms with van der Waals surface area (Å²) in [6.07, 6.45) is 1.56. The lowest BCUT2D eigenvalue weighted by molar-refractivity contribution is 0.0728. The summed E-state index contributed by atoms with van der Waals surface area (Å²) >= 11 is 0. The predicted octanol–water partition coefficient (Wildman–Crippen LogP) is 4.99. The molecule has 3 aromatic rings. The number of benzene rings is 3. The summed E-state index contributed by atoms with van der Waals surface area (Å²) < 4.78 is 35.7. The number of fused-ring (bicyclic) bond motifs is 1. The standard InChI is InChI=1S/C25H19FO6/c1-14-20(32-25(28)17-6-4-5-7-19(17)26)11-9-18-23(27)22(31-24(14)18)13-15-12-16(29-2)8-10-21(15)30-3/h4-13H,1-3H3/b22-13-. The monoisotopic (exact) mass is 434 g/mol. The Morgan fingerprint density at radius 1 is 1.00 bits per heavy atom. The van der Waals surface area contributed by atoms with Crippen LogP contribution in [0, 0.1) is 12.7 Å². The van der Waals surface area contributed by atoms with Crippen molar-refractivity contribution in [2.24, 2.45) is 0 Å². The van der Waals surface area contributed by atoms with Crippen LogP contribution in [-0.2, 0) is 0 Å². The molecular formula is C25H19FO6. The molecule has 4 rings (SSSR count). The molecule has 0 saturated carbocycles. The van der Waals surface area contributed by atoms with Crippen molar-refractivity contribution in [2.45, 2.75) is 6.92 Å². The van der Waals surface area contributed by atoms with Crippen LogP contribution < -0.4 is 18.9 Å². The summed E-state index contributed by atoms with van der Waals surface area (Å²) in [6, 6.07) is 13.7. The van der Waals surface area contributed by atoms with Crippen LogP contribution in [-0.4, -0.2) is 26.0 Å². The molecule has 32 heavy (non-hydrogen) atoms. The number of rotatable bonds is 5. The number of hydrogen-bond donors (Lipinski definition) is 0. The molecule has 0 N–H and O–H groups in total. The summed E-state index contributed by atoms with van der Waals surface area (Å²) in [6.45, 7) is 1.66. The lowest BCUT2D eigenvalue weighted by atomic mass is 10.1. The maximum atomic E-state index is 13.9. The van der Waals surface area contributed by atoms with Gasteiger partial charge in [-0.3, -0.25) is 4.79 Å². The summed E-state index contributed by atoms with van der Waals surface area (Å²) in [5.41, 5.74) is 1.20. The topological polar surface area (TPSA) is 71.1 Å². The van der Waals surface area contributed by atoms with E-state index in [2.05, 4.69) is 0 Å². The van der Waals surface area contributed by atoms with Crippen LogP contribution in [0.15, 0.2) is 60.4 Å². The highest BCUT2D eigenvalue weighted by Crippen LogP contribution is 2.40. The van der Waals surface area contributed by atoms with Gasteiger partial charge >= 0.3 is 5.97 Å². The van der Waals surface area contributed by atoms with Gasteiger partial charge in [0.1, 0.15) is 28.8 Å². The molecule has 7 heteroatoms. The largest absolute Gasteiger partial charge is 0.497 e. The van der Waals surface area contributed by atoms with E-state index in [1.54, 1.807) is 44.4 Å². The van der Waals surface area contributed by atoms with Crippen LogP contribution in [0.4, 0.5) is 4.39 Å². The van der Waals surface area contributed by atoms with Gasteiger partial charge in [0.15, 0.2) is 5.76 Å². The van der Waals surface area contributed by atoms with Gasteiger partial charge in [-0.15, -0.1) is 0 Å². The van der Waals surface area contributed by atoms with E-state index in [0.717, 1.165) is 0 Å². The fourth-order valence-corrected chi connectivity index (χ4v) is 3.35. The molecule has 0 aliphatic carbocycles. The van der Waals surface area contributed by atoms with Crippen LogP contribution >= 0.6 is 0 Å². The third-order valence-electron chi connectivity index (χ3n) is 5.06. The first kappa shape index (κ1) is 21.1. The number of methoxy groups -OCH3 is 2. The van der Waals surface area contributed by atoms with Gasteiger partial charge < -0.3 is 18.9 Å². The Morgan fingerprint density at radius 2 is 1.75 bits per heavy atom. The molecule has 0 spiro atoms. The van der Waals surface area contributed by atoms with Crippen molar-refractivity contribution in [1.29, 1.82) is 0 Å². The van der Waals surface area contributed by atoms with Crippen LogP contribution in [0.5, 0.6) is 23.0 Å². The first-order valence-corrected chi connectivity index (χ1v) is 9.69. The van der Waals surface area contributed by atoms with Crippen molar-refractivity contribution >= 4 is 17.8 Å². The number of carbonyl (C=O) groups is 2. The molecule has 0 amide bonds. The molecule has 1 heterocycles. The number of hydrogen-bond acceptors (Lipinski definition) is 6. The number of ketones is 1. The highest BCUT2D eigenvalue weighted by atomic mass is 19.1. The van der Waals surface area contributed by atoms with Crippen molar-refractivity contribution in [3.63, 3.8) is 0 Å². The molecule has 6 nitrogen and oxygen atoms in total. The zero-order valence-corrected chi connectivity index (χ0v) is 17.6. The minimum atomic E-state index is -0.840. The summed E-state index contributed by atoms with van der Waals surface area (Å²) in [7, 11) is 3.07. The maximum absolute atomic E-state index is 13.9. The van der Waals surface area contributed by atoms with Gasteiger partial charge in [0, 0.05) is 11.1 Å². The van der Waals surface area contributed by atoms with Crippen molar-refractivity contribution in [1.82, 2.24) is 0 Å². The number of ether oxygens (including phenoxy) is 4. The number of allylic oxidation sites excluding steroid dienone is 1. The van der Waals surface area contributed by atoms with E-state index >= 15 is 0 Å². The fourth-order valence-electron chi connectivity index (χ4n) is 3.35. The zero-order valence-electron chi connectivity index (χ0n) is 17.6. The van der Waals surface area contributed by atoms with Gasteiger partial charge in [0.05, 0.1) is 25.3 Å². The molecule has 0 radical (unpaired) electrons. The third kappa shape index (κ3) is 3.80. The van der Waals surface area contributed by atoms with Gasteiger partial charge in [-0.2, -0.15) is 0 Å². The van der Waals surface area contributed by atoms with Crippen LogP contribution in [0.3, 0.4) is 0 Å². The van der Waals surface area contributed by atoms with Crippen molar-refractivity contribution in [3.05, 3.63) is 88.4 Å². The highest BCUT2D eigenvalue weighted by Gasteiger charge is 2.31. The predicted molar refractivity (Wildman–Crippen MR) is 115 cm³/mol. The van der Waals surface area contributed by atoms with Crippen molar-refractivity contribution in [2.75, 3.05) is 14.2 Å². The summed E-state index contributed by atoms with van der Waals surface area (Å²) in [5, 5.41) is 0. The van der Waals surface area contributed by atoms with E-state index in [1.807, 2.05) is 0 Å². The quantitative estimate of drug-likeness (QED) is 0.320. The van der Waals surface area contributed by atoms with E-state index in [1.165, 1.54) is 37.4 Å². The Kier molecular flexibility index (Phi) is 5.64. The second-order valence-corrected chi connectivity index (χ2v) is 6.98. The minimum absolute atomic E-state index is 0.0900. The molecule has 3 aromatic carbocycles. The number of Topliss-reactive ketones (excluding diaryl/α,β-unsaturated/α-hetero) is 1.